The van der Waals surface area contributed by atoms with E-state index in [0.29, 0.717) is 28.5 Å². The predicted molar refractivity (Wildman–Crippen MR) is 110 cm³/mol. The zero-order chi connectivity index (χ0) is 19.7. The number of halogens is 1. The van der Waals surface area contributed by atoms with E-state index in [2.05, 4.69) is 27.9 Å². The van der Waals surface area contributed by atoms with Gasteiger partial charge in [0.25, 0.3) is 0 Å². The summed E-state index contributed by atoms with van der Waals surface area (Å²) in [6.07, 6.45) is 2.20. The maximum absolute atomic E-state index is 14.1. The molecule has 1 N–H and O–H groups in total. The van der Waals surface area contributed by atoms with Crippen LogP contribution >= 0.6 is 0 Å². The molecule has 148 valence electrons. The van der Waals surface area contributed by atoms with Crippen LogP contribution in [0.1, 0.15) is 31.4 Å². The van der Waals surface area contributed by atoms with E-state index in [1.807, 2.05) is 12.1 Å². The van der Waals surface area contributed by atoms with Gasteiger partial charge in [0.2, 0.25) is 0 Å². The van der Waals surface area contributed by atoms with Crippen LogP contribution in [0.2, 0.25) is 0 Å². The third kappa shape index (κ3) is 3.56. The van der Waals surface area contributed by atoms with Crippen molar-refractivity contribution >= 4 is 27.9 Å². The number of anilines is 1. The monoisotopic (exact) mass is 401 g/mol. The molecule has 1 aromatic heterocycles. The maximum Gasteiger partial charge on any atom is 0.321 e. The Morgan fingerprint density at radius 3 is 2.96 bits per heavy atom. The molecule has 2 heterocycles. The summed E-state index contributed by atoms with van der Waals surface area (Å²) >= 11 is -1.36. The van der Waals surface area contributed by atoms with E-state index in [0.717, 1.165) is 31.5 Å². The summed E-state index contributed by atoms with van der Waals surface area (Å²) < 4.78 is 32.4. The number of fused-ring (bicyclic) bond motifs is 2. The van der Waals surface area contributed by atoms with Gasteiger partial charge in [-0.15, -0.1) is 0 Å². The van der Waals surface area contributed by atoms with Crippen molar-refractivity contribution in [3.63, 3.8) is 0 Å². The van der Waals surface area contributed by atoms with Gasteiger partial charge in [0.05, 0.1) is 17.6 Å². The minimum atomic E-state index is -1.36. The highest BCUT2D eigenvalue weighted by molar-refractivity contribution is 7.90. The molecule has 0 spiro atoms. The molecule has 28 heavy (non-hydrogen) atoms. The number of benzene rings is 2. The fourth-order valence-electron chi connectivity index (χ4n) is 3.83. The normalized spacial score (nSPS) is 14.9. The van der Waals surface area contributed by atoms with Gasteiger partial charge >= 0.3 is 5.16 Å². The van der Waals surface area contributed by atoms with Gasteiger partial charge in [0.15, 0.2) is 11.6 Å². The van der Waals surface area contributed by atoms with Crippen LogP contribution in [0, 0.1) is 5.82 Å². The van der Waals surface area contributed by atoms with Crippen molar-refractivity contribution in [2.45, 2.75) is 37.6 Å². The van der Waals surface area contributed by atoms with Gasteiger partial charge in [-0.25, -0.2) is 4.39 Å². The highest BCUT2D eigenvalue weighted by Gasteiger charge is 2.24. The maximum atomic E-state index is 14.1. The Hall–Kier alpha value is -2.25. The fourth-order valence-corrected chi connectivity index (χ4v) is 4.90. The molecule has 4 rings (SSSR count). The second-order valence-electron chi connectivity index (χ2n) is 6.87. The van der Waals surface area contributed by atoms with Gasteiger partial charge in [0.1, 0.15) is 5.75 Å². The highest BCUT2D eigenvalue weighted by Crippen LogP contribution is 2.33. The Balaban J connectivity index is 1.63. The van der Waals surface area contributed by atoms with Gasteiger partial charge < -0.3 is 14.2 Å². The molecule has 0 bridgehead atoms. The van der Waals surface area contributed by atoms with E-state index < -0.39 is 17.0 Å². The first-order chi connectivity index (χ1) is 13.6. The molecule has 0 saturated carbocycles. The second kappa shape index (κ2) is 8.01. The molecule has 0 amide bonds. The number of hydrogen-bond donors (Lipinski definition) is 1. The van der Waals surface area contributed by atoms with Crippen molar-refractivity contribution in [3.8, 4) is 5.75 Å². The lowest BCUT2D eigenvalue weighted by Gasteiger charge is -2.32. The van der Waals surface area contributed by atoms with Crippen molar-refractivity contribution in [2.75, 3.05) is 24.6 Å². The molecule has 1 unspecified atom stereocenters. The minimum absolute atomic E-state index is 0.162. The number of imidazole rings is 1. The number of aryl methyl sites for hydroxylation is 1. The standard InChI is InChI=1S/C21H24FN3O2S/c1-3-25-10-6-9-14-7-5-8-15(20(14)25)13-28(26)21-23-17-11-16(22)19(27-4-2)12-18(17)24-21/h5,7-8,11-12H,3-4,6,9-10,13H2,1-2H3,(H,23,24). The fraction of sp³-hybridized carbons (Fsp3) is 0.381. The predicted octanol–water partition coefficient (Wildman–Crippen LogP) is 4.18. The second-order valence-corrected chi connectivity index (χ2v) is 8.24. The quantitative estimate of drug-likeness (QED) is 0.630. The third-order valence-corrected chi connectivity index (χ3v) is 6.29. The summed E-state index contributed by atoms with van der Waals surface area (Å²) in [6, 6.07) is 9.13. The van der Waals surface area contributed by atoms with Crippen molar-refractivity contribution in [1.82, 2.24) is 9.97 Å². The number of para-hydroxylation sites is 1. The number of aromatic nitrogens is 2. The summed E-state index contributed by atoms with van der Waals surface area (Å²) in [5.74, 6) is 0.0842. The molecule has 5 nitrogen and oxygen atoms in total. The summed E-state index contributed by atoms with van der Waals surface area (Å²) in [5, 5.41) is 0.361. The number of ether oxygens (including phenoxy) is 1. The molecule has 1 aliphatic rings. The first-order valence-electron chi connectivity index (χ1n) is 9.66. The van der Waals surface area contributed by atoms with Crippen LogP contribution in [0.3, 0.4) is 0 Å². The van der Waals surface area contributed by atoms with Crippen LogP contribution < -0.4 is 9.64 Å². The van der Waals surface area contributed by atoms with Crippen LogP contribution in [0.4, 0.5) is 10.1 Å². The first-order valence-corrected chi connectivity index (χ1v) is 11.0. The van der Waals surface area contributed by atoms with E-state index in [4.69, 9.17) is 4.74 Å². The van der Waals surface area contributed by atoms with E-state index in [-0.39, 0.29) is 5.75 Å². The Morgan fingerprint density at radius 2 is 2.18 bits per heavy atom. The molecule has 0 aliphatic carbocycles. The molecule has 1 atom stereocenters. The molecule has 3 aromatic rings. The van der Waals surface area contributed by atoms with E-state index in [1.165, 1.54) is 17.3 Å². The van der Waals surface area contributed by atoms with Crippen LogP contribution in [0.15, 0.2) is 35.5 Å². The van der Waals surface area contributed by atoms with Crippen molar-refractivity contribution < 1.29 is 13.7 Å². The molecule has 0 saturated heterocycles. The average Bonchev–Trinajstić information content (AvgIpc) is 3.11. The van der Waals surface area contributed by atoms with Crippen LogP contribution in [0.25, 0.3) is 11.0 Å². The SMILES string of the molecule is CCOc1cc2nc([S+]([O-])Cc3cccc4c3N(CC)CCC4)[nH]c2cc1F. The lowest BCUT2D eigenvalue weighted by molar-refractivity contribution is 0.322. The summed E-state index contributed by atoms with van der Waals surface area (Å²) in [4.78, 5) is 9.79. The van der Waals surface area contributed by atoms with Crippen LogP contribution in [-0.4, -0.2) is 34.2 Å². The van der Waals surface area contributed by atoms with E-state index in [1.54, 1.807) is 13.0 Å². The number of aromatic amines is 1. The van der Waals surface area contributed by atoms with Gasteiger partial charge in [-0.05, 0) is 32.3 Å². The zero-order valence-corrected chi connectivity index (χ0v) is 16.9. The van der Waals surface area contributed by atoms with Gasteiger partial charge in [0, 0.05) is 47.6 Å². The topological polar surface area (TPSA) is 64.2 Å². The smallest absolute Gasteiger partial charge is 0.321 e. The van der Waals surface area contributed by atoms with Gasteiger partial charge in [-0.3, -0.25) is 4.98 Å². The first kappa shape index (κ1) is 19.1. The summed E-state index contributed by atoms with van der Waals surface area (Å²) in [6.45, 7) is 6.28. The largest absolute Gasteiger partial charge is 0.609 e. The molecular weight excluding hydrogens is 377 g/mol. The zero-order valence-electron chi connectivity index (χ0n) is 16.1. The van der Waals surface area contributed by atoms with Crippen LogP contribution in [-0.2, 0) is 23.3 Å². The van der Waals surface area contributed by atoms with E-state index >= 15 is 0 Å². The molecule has 0 fully saturated rings. The van der Waals surface area contributed by atoms with Gasteiger partial charge in [-0.1, -0.05) is 18.2 Å². The van der Waals surface area contributed by atoms with Crippen molar-refractivity contribution in [1.29, 1.82) is 0 Å². The van der Waals surface area contributed by atoms with Gasteiger partial charge in [-0.2, -0.15) is 4.98 Å². The average molecular weight is 402 g/mol. The van der Waals surface area contributed by atoms with Crippen molar-refractivity contribution in [2.24, 2.45) is 0 Å². The Bertz CT molecular complexity index is 991. The molecule has 2 aromatic carbocycles. The molecule has 7 heteroatoms. The Kier molecular flexibility index (Phi) is 5.46. The minimum Gasteiger partial charge on any atom is -0.609 e. The number of hydrogen-bond acceptors (Lipinski definition) is 4. The molecule has 1 aliphatic heterocycles. The highest BCUT2D eigenvalue weighted by atomic mass is 32.2. The number of H-pyrrole nitrogens is 1. The lowest BCUT2D eigenvalue weighted by Crippen LogP contribution is -2.30. The number of nitrogens with zero attached hydrogens (tertiary/aromatic N) is 2. The number of nitrogens with one attached hydrogen (secondary N) is 1. The Morgan fingerprint density at radius 1 is 1.32 bits per heavy atom. The van der Waals surface area contributed by atoms with Crippen molar-refractivity contribution in [3.05, 3.63) is 47.3 Å². The third-order valence-electron chi connectivity index (χ3n) is 5.09. The molecule has 0 radical (unpaired) electrons. The number of rotatable bonds is 6. The summed E-state index contributed by atoms with van der Waals surface area (Å²) in [5.41, 5.74) is 4.67. The van der Waals surface area contributed by atoms with Crippen LogP contribution in [0.5, 0.6) is 5.75 Å². The Labute approximate surface area is 167 Å². The summed E-state index contributed by atoms with van der Waals surface area (Å²) in [7, 11) is 0. The lowest BCUT2D eigenvalue weighted by atomic mass is 9.98. The molecular formula is C21H24FN3O2S. The van der Waals surface area contributed by atoms with E-state index in [9.17, 15) is 8.94 Å².